The first kappa shape index (κ1) is 13.5. The zero-order chi connectivity index (χ0) is 12.0. The van der Waals surface area contributed by atoms with Gasteiger partial charge in [-0.1, -0.05) is 20.8 Å². The normalized spacial score (nSPS) is 18.1. The van der Waals surface area contributed by atoms with E-state index >= 15 is 0 Å². The van der Waals surface area contributed by atoms with Gasteiger partial charge in [-0.15, -0.1) is 0 Å². The molecule has 94 valence electrons. The first-order valence-electron chi connectivity index (χ1n) is 6.64. The van der Waals surface area contributed by atoms with Crippen molar-refractivity contribution in [2.45, 2.75) is 52.5 Å². The van der Waals surface area contributed by atoms with Gasteiger partial charge in [0.05, 0.1) is 0 Å². The van der Waals surface area contributed by atoms with Crippen molar-refractivity contribution >= 4 is 5.91 Å². The zero-order valence-electron chi connectivity index (χ0n) is 11.0. The Labute approximate surface area is 99.6 Å². The molecule has 1 heterocycles. The molecule has 0 radical (unpaired) electrons. The Bertz CT molecular complexity index is 208. The van der Waals surface area contributed by atoms with E-state index in [2.05, 4.69) is 26.1 Å². The summed E-state index contributed by atoms with van der Waals surface area (Å²) in [5.74, 6) is 1.05. The first-order chi connectivity index (χ1) is 7.63. The van der Waals surface area contributed by atoms with Gasteiger partial charge in [0, 0.05) is 25.6 Å². The van der Waals surface area contributed by atoms with E-state index in [9.17, 15) is 4.79 Å². The van der Waals surface area contributed by atoms with Crippen molar-refractivity contribution in [1.29, 1.82) is 0 Å². The smallest absolute Gasteiger partial charge is 0.222 e. The Morgan fingerprint density at radius 3 is 2.50 bits per heavy atom. The molecule has 0 atom stereocenters. The van der Waals surface area contributed by atoms with E-state index in [0.717, 1.165) is 38.9 Å². The van der Waals surface area contributed by atoms with Crippen LogP contribution in [-0.4, -0.2) is 36.5 Å². The molecule has 0 aromatic carbocycles. The van der Waals surface area contributed by atoms with Gasteiger partial charge in [-0.2, -0.15) is 0 Å². The average Bonchev–Trinajstić information content (AvgIpc) is 2.27. The van der Waals surface area contributed by atoms with Crippen molar-refractivity contribution in [3.8, 4) is 0 Å². The third kappa shape index (κ3) is 4.52. The number of nitrogens with one attached hydrogen (secondary N) is 1. The second-order valence-electron chi connectivity index (χ2n) is 5.21. The molecule has 3 nitrogen and oxygen atoms in total. The minimum atomic E-state index is 0.338. The summed E-state index contributed by atoms with van der Waals surface area (Å²) in [5, 5.41) is 3.57. The molecule has 1 N–H and O–H groups in total. The summed E-state index contributed by atoms with van der Waals surface area (Å²) in [6.07, 6.45) is 3.90. The zero-order valence-corrected chi connectivity index (χ0v) is 11.0. The minimum absolute atomic E-state index is 0.338. The van der Waals surface area contributed by atoms with Crippen molar-refractivity contribution in [3.05, 3.63) is 0 Å². The Balaban J connectivity index is 2.20. The van der Waals surface area contributed by atoms with Crippen LogP contribution >= 0.6 is 0 Å². The lowest BCUT2D eigenvalue weighted by Gasteiger charge is -2.33. The lowest BCUT2D eigenvalue weighted by atomic mass is 10.0. The second-order valence-corrected chi connectivity index (χ2v) is 5.21. The molecule has 0 bridgehead atoms. The number of piperidine rings is 1. The maximum atomic E-state index is 11.7. The highest BCUT2D eigenvalue weighted by atomic mass is 16.2. The van der Waals surface area contributed by atoms with Crippen LogP contribution in [0.3, 0.4) is 0 Å². The van der Waals surface area contributed by atoms with Gasteiger partial charge < -0.3 is 10.2 Å². The summed E-state index contributed by atoms with van der Waals surface area (Å²) in [7, 11) is 0. The quantitative estimate of drug-likeness (QED) is 0.778. The van der Waals surface area contributed by atoms with Crippen molar-refractivity contribution < 1.29 is 4.79 Å². The van der Waals surface area contributed by atoms with Crippen molar-refractivity contribution in [3.63, 3.8) is 0 Å². The van der Waals surface area contributed by atoms with Gasteiger partial charge in [0.25, 0.3) is 0 Å². The fourth-order valence-electron chi connectivity index (χ4n) is 2.11. The minimum Gasteiger partial charge on any atom is -0.343 e. The molecule has 1 aliphatic rings. The van der Waals surface area contributed by atoms with Crippen LogP contribution in [-0.2, 0) is 4.79 Å². The Hall–Kier alpha value is -0.570. The molecule has 0 aromatic heterocycles. The van der Waals surface area contributed by atoms with Gasteiger partial charge in [-0.25, -0.2) is 0 Å². The third-order valence-corrected chi connectivity index (χ3v) is 3.13. The van der Waals surface area contributed by atoms with Crippen LogP contribution in [0.1, 0.15) is 46.5 Å². The number of likely N-dealkylation sites (tertiary alicyclic amines) is 1. The van der Waals surface area contributed by atoms with E-state index in [1.54, 1.807) is 0 Å². The van der Waals surface area contributed by atoms with Gasteiger partial charge in [0.15, 0.2) is 0 Å². The molecule has 1 rings (SSSR count). The predicted octanol–water partition coefficient (Wildman–Crippen LogP) is 2.02. The number of nitrogens with zero attached hydrogens (tertiary/aromatic N) is 1. The van der Waals surface area contributed by atoms with Crippen LogP contribution in [0.5, 0.6) is 0 Å². The van der Waals surface area contributed by atoms with E-state index in [-0.39, 0.29) is 0 Å². The summed E-state index contributed by atoms with van der Waals surface area (Å²) < 4.78 is 0. The summed E-state index contributed by atoms with van der Waals surface area (Å²) in [5.41, 5.74) is 0. The molecule has 0 aliphatic carbocycles. The van der Waals surface area contributed by atoms with Gasteiger partial charge >= 0.3 is 0 Å². The summed E-state index contributed by atoms with van der Waals surface area (Å²) in [6, 6.07) is 0.619. The van der Waals surface area contributed by atoms with Crippen molar-refractivity contribution in [2.24, 2.45) is 5.92 Å². The van der Waals surface area contributed by atoms with Crippen LogP contribution < -0.4 is 5.32 Å². The molecule has 0 saturated carbocycles. The molecule has 3 heteroatoms. The molecule has 1 fully saturated rings. The number of hydrogen-bond donors (Lipinski definition) is 1. The van der Waals surface area contributed by atoms with E-state index in [1.165, 1.54) is 0 Å². The van der Waals surface area contributed by atoms with Crippen molar-refractivity contribution in [1.82, 2.24) is 10.2 Å². The molecular weight excluding hydrogens is 200 g/mol. The highest BCUT2D eigenvalue weighted by Crippen LogP contribution is 2.12. The Morgan fingerprint density at radius 2 is 2.00 bits per heavy atom. The summed E-state index contributed by atoms with van der Waals surface area (Å²) in [4.78, 5) is 13.7. The lowest BCUT2D eigenvalue weighted by molar-refractivity contribution is -0.132. The number of amides is 1. The largest absolute Gasteiger partial charge is 0.343 e. The van der Waals surface area contributed by atoms with E-state index < -0.39 is 0 Å². The molecule has 1 amide bonds. The van der Waals surface area contributed by atoms with Gasteiger partial charge in [0.1, 0.15) is 0 Å². The van der Waals surface area contributed by atoms with Crippen molar-refractivity contribution in [2.75, 3.05) is 19.6 Å². The third-order valence-electron chi connectivity index (χ3n) is 3.13. The number of carbonyl (C=O) groups is 1. The van der Waals surface area contributed by atoms with Crippen LogP contribution in [0.15, 0.2) is 0 Å². The van der Waals surface area contributed by atoms with E-state index in [0.29, 0.717) is 24.3 Å². The van der Waals surface area contributed by atoms with Gasteiger partial charge in [-0.3, -0.25) is 4.79 Å². The average molecular weight is 226 g/mol. The lowest BCUT2D eigenvalue weighted by Crippen LogP contribution is -2.45. The molecule has 0 spiro atoms. The maximum Gasteiger partial charge on any atom is 0.222 e. The van der Waals surface area contributed by atoms with Crippen LogP contribution in [0.25, 0.3) is 0 Å². The topological polar surface area (TPSA) is 32.3 Å². The first-order valence-corrected chi connectivity index (χ1v) is 6.64. The summed E-state index contributed by atoms with van der Waals surface area (Å²) in [6.45, 7) is 9.49. The fraction of sp³-hybridized carbons (Fsp3) is 0.923. The van der Waals surface area contributed by atoms with E-state index in [4.69, 9.17) is 0 Å². The monoisotopic (exact) mass is 226 g/mol. The van der Waals surface area contributed by atoms with Gasteiger partial charge in [-0.05, 0) is 31.7 Å². The Morgan fingerprint density at radius 1 is 1.38 bits per heavy atom. The fourth-order valence-corrected chi connectivity index (χ4v) is 2.11. The number of rotatable bonds is 5. The number of hydrogen-bond acceptors (Lipinski definition) is 2. The SMILES string of the molecule is CCCC(=O)N1CCC(NCC(C)C)CC1. The van der Waals surface area contributed by atoms with Crippen LogP contribution in [0.4, 0.5) is 0 Å². The second kappa shape index (κ2) is 6.89. The van der Waals surface area contributed by atoms with Crippen LogP contribution in [0.2, 0.25) is 0 Å². The number of carbonyl (C=O) groups excluding carboxylic acids is 1. The molecule has 1 saturated heterocycles. The summed E-state index contributed by atoms with van der Waals surface area (Å²) >= 11 is 0. The van der Waals surface area contributed by atoms with Crippen LogP contribution in [0, 0.1) is 5.92 Å². The molecule has 1 aliphatic heterocycles. The molecule has 0 unspecified atom stereocenters. The highest BCUT2D eigenvalue weighted by molar-refractivity contribution is 5.76. The maximum absolute atomic E-state index is 11.7. The van der Waals surface area contributed by atoms with Gasteiger partial charge in [0.2, 0.25) is 5.91 Å². The molecular formula is C13H26N2O. The van der Waals surface area contributed by atoms with E-state index in [1.807, 2.05) is 4.90 Å². The molecule has 16 heavy (non-hydrogen) atoms. The molecule has 0 aromatic rings. The standard InChI is InChI=1S/C13H26N2O/c1-4-5-13(16)15-8-6-12(7-9-15)14-10-11(2)3/h11-12,14H,4-10H2,1-3H3. The predicted molar refractivity (Wildman–Crippen MR) is 67.4 cm³/mol. The Kier molecular flexibility index (Phi) is 5.81. The highest BCUT2D eigenvalue weighted by Gasteiger charge is 2.21.